The molecule has 44 heavy (non-hydrogen) atoms. The SMILES string of the molecule is N#CC[C@]1(n2cc(-c3ncnc4[nH]ccc34)cn2)C[C@@H](N2CCC(Oc3cc(Cn4ccnc4)cc(C(F)(F)F)n3)CC2)C1. The van der Waals surface area contributed by atoms with E-state index < -0.39 is 17.4 Å². The van der Waals surface area contributed by atoms with Crippen LogP contribution >= 0.6 is 0 Å². The number of aromatic nitrogens is 8. The van der Waals surface area contributed by atoms with E-state index in [1.54, 1.807) is 35.6 Å². The molecule has 7 rings (SSSR count). The number of likely N-dealkylation sites (tertiary alicyclic amines) is 1. The molecule has 0 amide bonds. The zero-order valence-corrected chi connectivity index (χ0v) is 23.7. The number of imidazole rings is 1. The maximum Gasteiger partial charge on any atom is 0.433 e. The molecule has 0 bridgehead atoms. The number of rotatable bonds is 8. The van der Waals surface area contributed by atoms with E-state index >= 15 is 0 Å². The van der Waals surface area contributed by atoms with Crippen molar-refractivity contribution in [2.45, 2.75) is 62.5 Å². The molecule has 0 aromatic carbocycles. The van der Waals surface area contributed by atoms with Crippen molar-refractivity contribution in [3.8, 4) is 23.2 Å². The van der Waals surface area contributed by atoms with Crippen LogP contribution in [0.15, 0.2) is 61.8 Å². The summed E-state index contributed by atoms with van der Waals surface area (Å²) in [7, 11) is 0. The Morgan fingerprint density at radius 2 is 2.00 bits per heavy atom. The van der Waals surface area contributed by atoms with Crippen LogP contribution in [0.4, 0.5) is 13.2 Å². The van der Waals surface area contributed by atoms with Crippen molar-refractivity contribution in [2.24, 2.45) is 0 Å². The Bertz CT molecular complexity index is 1790. The second-order valence-electron chi connectivity index (χ2n) is 11.5. The van der Waals surface area contributed by atoms with E-state index in [-0.39, 0.29) is 24.6 Å². The van der Waals surface area contributed by atoms with Gasteiger partial charge in [0.25, 0.3) is 0 Å². The maximum absolute atomic E-state index is 13.6. The third-order valence-electron chi connectivity index (χ3n) is 8.69. The maximum atomic E-state index is 13.6. The molecule has 2 fully saturated rings. The largest absolute Gasteiger partial charge is 0.474 e. The second-order valence-corrected chi connectivity index (χ2v) is 11.5. The lowest BCUT2D eigenvalue weighted by Gasteiger charge is -2.52. The van der Waals surface area contributed by atoms with Gasteiger partial charge in [0.2, 0.25) is 5.88 Å². The third kappa shape index (κ3) is 5.39. The minimum absolute atomic E-state index is 0.0137. The number of nitriles is 1. The molecule has 0 atom stereocenters. The van der Waals surface area contributed by atoms with Crippen molar-refractivity contribution in [2.75, 3.05) is 13.1 Å². The number of halogens is 3. The smallest absolute Gasteiger partial charge is 0.433 e. The quantitative estimate of drug-likeness (QED) is 0.269. The number of hydrogen-bond donors (Lipinski definition) is 1. The molecule has 1 aliphatic carbocycles. The van der Waals surface area contributed by atoms with Gasteiger partial charge in [0.05, 0.1) is 36.2 Å². The van der Waals surface area contributed by atoms with Gasteiger partial charge in [-0.25, -0.2) is 19.9 Å². The molecule has 226 valence electrons. The fourth-order valence-electron chi connectivity index (χ4n) is 6.42. The average Bonchev–Trinajstić information content (AvgIpc) is 3.77. The summed E-state index contributed by atoms with van der Waals surface area (Å²) in [6, 6.07) is 7.19. The second kappa shape index (κ2) is 11.1. The number of ether oxygens (including phenoxy) is 1. The van der Waals surface area contributed by atoms with Gasteiger partial charge in [-0.1, -0.05) is 0 Å². The Labute approximate surface area is 250 Å². The third-order valence-corrected chi connectivity index (χ3v) is 8.69. The van der Waals surface area contributed by atoms with E-state index in [1.807, 2.05) is 23.1 Å². The fraction of sp³-hybridized carbons (Fsp3) is 0.400. The Balaban J connectivity index is 0.994. The number of alkyl halides is 3. The first-order chi connectivity index (χ1) is 21.3. The zero-order valence-electron chi connectivity index (χ0n) is 23.7. The van der Waals surface area contributed by atoms with Crippen molar-refractivity contribution in [3.63, 3.8) is 0 Å². The zero-order chi connectivity index (χ0) is 30.3. The van der Waals surface area contributed by atoms with E-state index in [1.165, 1.54) is 6.33 Å². The lowest BCUT2D eigenvalue weighted by molar-refractivity contribution is -0.141. The highest BCUT2D eigenvalue weighted by Gasteiger charge is 2.49. The topological polar surface area (TPSA) is 126 Å². The van der Waals surface area contributed by atoms with Crippen molar-refractivity contribution >= 4 is 11.0 Å². The summed E-state index contributed by atoms with van der Waals surface area (Å²) in [5.74, 6) is -0.0137. The van der Waals surface area contributed by atoms with Gasteiger partial charge in [-0.2, -0.15) is 23.5 Å². The van der Waals surface area contributed by atoms with E-state index in [2.05, 4.69) is 41.0 Å². The van der Waals surface area contributed by atoms with E-state index in [4.69, 9.17) is 4.74 Å². The molecule has 5 aromatic heterocycles. The van der Waals surface area contributed by atoms with Crippen LogP contribution in [0.2, 0.25) is 0 Å². The van der Waals surface area contributed by atoms with Gasteiger partial charge in [-0.15, -0.1) is 0 Å². The Kier molecular flexibility index (Phi) is 7.04. The van der Waals surface area contributed by atoms with Crippen molar-refractivity contribution in [1.82, 2.24) is 44.2 Å². The summed E-state index contributed by atoms with van der Waals surface area (Å²) in [6.45, 7) is 1.73. The van der Waals surface area contributed by atoms with Gasteiger partial charge in [-0.3, -0.25) is 9.58 Å². The number of nitrogens with one attached hydrogen (secondary N) is 1. The standard InChI is InChI=1S/C30H29F3N10O/c31-30(32,33)25-11-20(16-41-10-7-35-19-41)12-26(40-25)44-23-2-8-42(9-3-23)22-13-29(14-22,4-5-34)43-17-21(15-39-43)27-24-1-6-36-28(24)38-18-37-27/h1,6-7,10-12,15,17-19,22-23H,2-4,8-9,13-14,16H2,(H,36,37,38)/t22-,29+. The van der Waals surface area contributed by atoms with Crippen LogP contribution in [0.3, 0.4) is 0 Å². The molecule has 0 unspecified atom stereocenters. The average molecular weight is 603 g/mol. The van der Waals surface area contributed by atoms with E-state index in [9.17, 15) is 18.4 Å². The van der Waals surface area contributed by atoms with Crippen molar-refractivity contribution in [1.29, 1.82) is 5.26 Å². The van der Waals surface area contributed by atoms with Gasteiger partial charge < -0.3 is 14.3 Å². The number of aromatic amines is 1. The summed E-state index contributed by atoms with van der Waals surface area (Å²) in [5, 5.41) is 15.2. The van der Waals surface area contributed by atoms with Crippen LogP contribution in [-0.2, 0) is 18.3 Å². The minimum atomic E-state index is -4.58. The first kappa shape index (κ1) is 28.0. The molecule has 11 nitrogen and oxygen atoms in total. The highest BCUT2D eigenvalue weighted by atomic mass is 19.4. The molecule has 1 aliphatic heterocycles. The Morgan fingerprint density at radius 1 is 1.16 bits per heavy atom. The number of pyridine rings is 1. The van der Waals surface area contributed by atoms with Crippen LogP contribution in [0, 0.1) is 11.3 Å². The molecule has 1 N–H and O–H groups in total. The van der Waals surface area contributed by atoms with Gasteiger partial charge in [0.15, 0.2) is 0 Å². The summed E-state index contributed by atoms with van der Waals surface area (Å²) >= 11 is 0. The molecule has 6 heterocycles. The van der Waals surface area contributed by atoms with Gasteiger partial charge in [0, 0.05) is 67.5 Å². The lowest BCUT2D eigenvalue weighted by atomic mass is 9.69. The molecule has 0 spiro atoms. The molecule has 1 saturated heterocycles. The van der Waals surface area contributed by atoms with Crippen LogP contribution in [0.25, 0.3) is 22.3 Å². The first-order valence-electron chi connectivity index (χ1n) is 14.4. The number of nitrogens with zero attached hydrogens (tertiary/aromatic N) is 9. The summed E-state index contributed by atoms with van der Waals surface area (Å²) in [4.78, 5) is 22.0. The minimum Gasteiger partial charge on any atom is -0.474 e. The first-order valence-corrected chi connectivity index (χ1v) is 14.4. The van der Waals surface area contributed by atoms with Crippen molar-refractivity contribution < 1.29 is 17.9 Å². The normalized spacial score (nSPS) is 21.3. The molecule has 0 radical (unpaired) electrons. The predicted octanol–water partition coefficient (Wildman–Crippen LogP) is 4.79. The molecule has 14 heteroatoms. The van der Waals surface area contributed by atoms with E-state index in [0.29, 0.717) is 24.8 Å². The van der Waals surface area contributed by atoms with Gasteiger partial charge in [-0.05, 0) is 43.4 Å². The van der Waals surface area contributed by atoms with Crippen molar-refractivity contribution in [3.05, 3.63) is 73.1 Å². The number of H-pyrrole nitrogens is 1. The van der Waals surface area contributed by atoms with Crippen LogP contribution in [0.1, 0.15) is 43.4 Å². The summed E-state index contributed by atoms with van der Waals surface area (Å²) in [5.41, 5.74) is 1.49. The number of fused-ring (bicyclic) bond motifs is 1. The molecule has 2 aliphatic rings. The molecular formula is C30H29F3N10O. The molecule has 5 aromatic rings. The van der Waals surface area contributed by atoms with Gasteiger partial charge in [0.1, 0.15) is 23.8 Å². The lowest BCUT2D eigenvalue weighted by Crippen LogP contribution is -2.58. The number of piperidine rings is 1. The summed E-state index contributed by atoms with van der Waals surface area (Å²) < 4.78 is 50.4. The highest BCUT2D eigenvalue weighted by Crippen LogP contribution is 2.45. The highest BCUT2D eigenvalue weighted by molar-refractivity contribution is 5.90. The molecule has 1 saturated carbocycles. The van der Waals surface area contributed by atoms with Crippen LogP contribution in [-0.4, -0.2) is 69.4 Å². The fourth-order valence-corrected chi connectivity index (χ4v) is 6.42. The monoisotopic (exact) mass is 602 g/mol. The van der Waals surface area contributed by atoms with E-state index in [0.717, 1.165) is 54.3 Å². The Hall–Kier alpha value is -4.77. The van der Waals surface area contributed by atoms with Gasteiger partial charge >= 0.3 is 6.18 Å². The van der Waals surface area contributed by atoms with Crippen LogP contribution < -0.4 is 4.74 Å². The predicted molar refractivity (Wildman–Crippen MR) is 152 cm³/mol. The summed E-state index contributed by atoms with van der Waals surface area (Å²) in [6.07, 6.45) is 10.4. The molecular weight excluding hydrogens is 573 g/mol. The van der Waals surface area contributed by atoms with Crippen LogP contribution in [0.5, 0.6) is 5.88 Å². The Morgan fingerprint density at radius 3 is 2.75 bits per heavy atom. The number of hydrogen-bond acceptors (Lipinski definition) is 8.